The number of likely N-dealkylation sites (N-methyl/N-ethyl adjacent to an activating group) is 1. The number of aromatic nitrogens is 1. The van der Waals surface area contributed by atoms with Crippen LogP contribution in [0.5, 0.6) is 0 Å². The van der Waals surface area contributed by atoms with E-state index in [0.717, 1.165) is 11.5 Å². The summed E-state index contributed by atoms with van der Waals surface area (Å²) in [5, 5.41) is 7.41. The Bertz CT molecular complexity index is 2600. The molecule has 1 unspecified atom stereocenters. The van der Waals surface area contributed by atoms with Crippen LogP contribution < -0.4 is 4.90 Å². The van der Waals surface area contributed by atoms with Gasteiger partial charge in [0.25, 0.3) is 0 Å². The largest absolute Gasteiger partial charge is 0.350 e. The molecular weight excluding hydrogens is 579 g/mol. The molecule has 0 saturated carbocycles. The quantitative estimate of drug-likeness (QED) is 0.181. The molecule has 3 nitrogen and oxygen atoms in total. The zero-order chi connectivity index (χ0) is 30.7. The molecule has 0 saturated heterocycles. The van der Waals surface area contributed by atoms with Crippen LogP contribution in [0.4, 0.5) is 10.7 Å². The van der Waals surface area contributed by atoms with Crippen molar-refractivity contribution in [3.8, 4) is 11.1 Å². The van der Waals surface area contributed by atoms with E-state index in [-0.39, 0.29) is 11.5 Å². The van der Waals surface area contributed by atoms with E-state index in [2.05, 4.69) is 158 Å². The van der Waals surface area contributed by atoms with Crippen LogP contribution in [0, 0.1) is 0 Å². The van der Waals surface area contributed by atoms with Gasteiger partial charge in [0.2, 0.25) is 0 Å². The minimum atomic E-state index is -0.108. The Kier molecular flexibility index (Phi) is 5.20. The topological polar surface area (TPSA) is 20.5 Å². The Morgan fingerprint density at radius 1 is 0.652 bits per heavy atom. The molecule has 4 heteroatoms. The van der Waals surface area contributed by atoms with Gasteiger partial charge in [0.15, 0.2) is 0 Å². The van der Waals surface area contributed by atoms with Crippen LogP contribution >= 0.6 is 11.3 Å². The molecule has 0 radical (unpaired) electrons. The Morgan fingerprint density at radius 2 is 1.35 bits per heavy atom. The third-order valence-electron chi connectivity index (χ3n) is 10.4. The number of rotatable bonds is 1. The lowest BCUT2D eigenvalue weighted by Gasteiger charge is -2.36. The zero-order valence-corrected chi connectivity index (χ0v) is 26.8. The summed E-state index contributed by atoms with van der Waals surface area (Å²) in [7, 11) is 2.27. The summed E-state index contributed by atoms with van der Waals surface area (Å²) in [5.41, 5.74) is 10.1. The van der Waals surface area contributed by atoms with E-state index < -0.39 is 0 Å². The summed E-state index contributed by atoms with van der Waals surface area (Å²) in [6, 6.07) is 46.7. The Labute approximate surface area is 271 Å². The van der Waals surface area contributed by atoms with Gasteiger partial charge in [-0.2, -0.15) is 0 Å². The monoisotopic (exact) mass is 609 g/mol. The van der Waals surface area contributed by atoms with E-state index in [1.54, 1.807) is 0 Å². The third-order valence-corrected chi connectivity index (χ3v) is 11.7. The summed E-state index contributed by atoms with van der Waals surface area (Å²) >= 11 is 1.84. The first-order chi connectivity index (χ1) is 22.5. The fourth-order valence-electron chi connectivity index (χ4n) is 8.26. The number of nitrogens with zero attached hydrogens (tertiary/aromatic N) is 3. The van der Waals surface area contributed by atoms with Gasteiger partial charge in [0, 0.05) is 33.3 Å². The minimum absolute atomic E-state index is 0.0823. The van der Waals surface area contributed by atoms with E-state index in [9.17, 15) is 0 Å². The third kappa shape index (κ3) is 3.34. The predicted octanol–water partition coefficient (Wildman–Crippen LogP) is 11.2. The summed E-state index contributed by atoms with van der Waals surface area (Å²) < 4.78 is 3.72. The maximum absolute atomic E-state index is 5.73. The molecule has 10 rings (SSSR count). The van der Waals surface area contributed by atoms with E-state index >= 15 is 0 Å². The van der Waals surface area contributed by atoms with E-state index in [1.165, 1.54) is 75.5 Å². The molecule has 1 aliphatic heterocycles. The first-order valence-electron chi connectivity index (χ1n) is 16.0. The first kappa shape index (κ1) is 26.1. The van der Waals surface area contributed by atoms with Crippen LogP contribution in [-0.4, -0.2) is 17.5 Å². The van der Waals surface area contributed by atoms with Gasteiger partial charge < -0.3 is 4.90 Å². The van der Waals surface area contributed by atoms with E-state index in [0.29, 0.717) is 0 Å². The molecule has 46 heavy (non-hydrogen) atoms. The molecule has 0 N–H and O–H groups in total. The number of para-hydroxylation sites is 1. The van der Waals surface area contributed by atoms with Crippen molar-refractivity contribution in [1.82, 2.24) is 4.57 Å². The van der Waals surface area contributed by atoms with Crippen LogP contribution in [0.3, 0.4) is 0 Å². The fraction of sp³-hybridized carbons (Fsp3) is 0.119. The fourth-order valence-corrected chi connectivity index (χ4v) is 9.40. The molecule has 6 aromatic carbocycles. The van der Waals surface area contributed by atoms with Gasteiger partial charge in [-0.05, 0) is 62.9 Å². The zero-order valence-electron chi connectivity index (χ0n) is 26.0. The average Bonchev–Trinajstić information content (AvgIpc) is 3.70. The maximum Gasteiger partial charge on any atom is 0.142 e. The van der Waals surface area contributed by atoms with E-state index in [4.69, 9.17) is 4.99 Å². The summed E-state index contributed by atoms with van der Waals surface area (Å²) in [6.45, 7) is 4.73. The lowest BCUT2D eigenvalue weighted by Crippen LogP contribution is -2.36. The lowest BCUT2D eigenvalue weighted by atomic mass is 9.82. The molecule has 2 aromatic heterocycles. The van der Waals surface area contributed by atoms with Gasteiger partial charge in [-0.15, -0.1) is 11.3 Å². The number of anilines is 1. The normalized spacial score (nSPS) is 16.6. The van der Waals surface area contributed by atoms with Crippen molar-refractivity contribution in [2.24, 2.45) is 4.99 Å². The number of hydrogen-bond donors (Lipinski definition) is 0. The van der Waals surface area contributed by atoms with Gasteiger partial charge in [0.05, 0.1) is 11.0 Å². The van der Waals surface area contributed by atoms with Gasteiger partial charge >= 0.3 is 0 Å². The summed E-state index contributed by atoms with van der Waals surface area (Å²) in [4.78, 5) is 8.22. The summed E-state index contributed by atoms with van der Waals surface area (Å²) in [6.07, 6.45) is 0. The number of thiophene rings is 1. The molecular formula is C42H31N3S. The average molecular weight is 610 g/mol. The standard InChI is InChI=1S/C42H31N3S/c1-42(2)32-19-9-6-16-28(32)37-30(18-12-20-33(37)42)39-40(43-38-29-17-8-11-22-36(29)46-41(38)44(39)3)45-34-21-10-7-15-27(34)31-23-25-13-4-5-14-26(25)24-35(31)45/h4-24,39H,1-3H3. The van der Waals surface area contributed by atoms with Crippen molar-refractivity contribution in [3.05, 3.63) is 144 Å². The van der Waals surface area contributed by atoms with Crippen molar-refractivity contribution in [1.29, 1.82) is 0 Å². The summed E-state index contributed by atoms with van der Waals surface area (Å²) in [5.74, 6) is 1.04. The van der Waals surface area contributed by atoms with Crippen LogP contribution in [0.1, 0.15) is 36.6 Å². The van der Waals surface area contributed by atoms with Crippen LogP contribution in [0.15, 0.2) is 132 Å². The smallest absolute Gasteiger partial charge is 0.142 e. The highest BCUT2D eigenvalue weighted by atomic mass is 32.1. The number of aliphatic imine (C=N–C) groups is 1. The molecule has 2 aliphatic rings. The highest BCUT2D eigenvalue weighted by molar-refractivity contribution is 7.23. The van der Waals surface area contributed by atoms with Crippen molar-refractivity contribution >= 4 is 70.5 Å². The second-order valence-corrected chi connectivity index (χ2v) is 14.3. The molecule has 1 aliphatic carbocycles. The number of fused-ring (bicyclic) bond motifs is 10. The van der Waals surface area contributed by atoms with Crippen molar-refractivity contribution < 1.29 is 0 Å². The van der Waals surface area contributed by atoms with Crippen LogP contribution in [0.25, 0.3) is 53.8 Å². The van der Waals surface area contributed by atoms with Crippen LogP contribution in [-0.2, 0) is 5.41 Å². The molecule has 0 spiro atoms. The maximum atomic E-state index is 5.73. The first-order valence-corrected chi connectivity index (χ1v) is 16.8. The van der Waals surface area contributed by atoms with Crippen molar-refractivity contribution in [3.63, 3.8) is 0 Å². The molecule has 3 heterocycles. The molecule has 220 valence electrons. The highest BCUT2D eigenvalue weighted by Gasteiger charge is 2.41. The van der Waals surface area contributed by atoms with Crippen molar-refractivity contribution in [2.75, 3.05) is 11.9 Å². The minimum Gasteiger partial charge on any atom is -0.350 e. The van der Waals surface area contributed by atoms with Gasteiger partial charge in [-0.1, -0.05) is 117 Å². The van der Waals surface area contributed by atoms with Gasteiger partial charge in [0.1, 0.15) is 22.6 Å². The second kappa shape index (κ2) is 9.18. The Balaban J connectivity index is 1.34. The lowest BCUT2D eigenvalue weighted by molar-refractivity contribution is 0.659. The van der Waals surface area contributed by atoms with Gasteiger partial charge in [-0.25, -0.2) is 4.99 Å². The molecule has 1 atom stereocenters. The number of hydrogen-bond acceptors (Lipinski definition) is 3. The van der Waals surface area contributed by atoms with Crippen molar-refractivity contribution in [2.45, 2.75) is 25.3 Å². The molecule has 0 fully saturated rings. The van der Waals surface area contributed by atoms with E-state index in [1.807, 2.05) is 11.3 Å². The Hall–Kier alpha value is -5.19. The van der Waals surface area contributed by atoms with Crippen LogP contribution in [0.2, 0.25) is 0 Å². The highest BCUT2D eigenvalue weighted by Crippen LogP contribution is 2.55. The molecule has 0 bridgehead atoms. The number of benzene rings is 6. The molecule has 0 amide bonds. The second-order valence-electron chi connectivity index (χ2n) is 13.2. The molecule has 8 aromatic rings. The predicted molar refractivity (Wildman–Crippen MR) is 196 cm³/mol. The SMILES string of the molecule is CN1c2sc3ccccc3c2N=C(n2c3ccccc3c3cc4ccccc4cc32)C1c1cccc2c1-c1ccccc1C2(C)C. The Morgan fingerprint density at radius 3 is 2.22 bits per heavy atom. The van der Waals surface area contributed by atoms with Gasteiger partial charge in [-0.3, -0.25) is 4.57 Å².